The van der Waals surface area contributed by atoms with Gasteiger partial charge in [-0.15, -0.1) is 0 Å². The highest BCUT2D eigenvalue weighted by atomic mass is 16.7. The fraction of sp³-hybridized carbons (Fsp3) is 0.233. The fourth-order valence-electron chi connectivity index (χ4n) is 5.21. The van der Waals surface area contributed by atoms with Crippen LogP contribution in [0.25, 0.3) is 11.2 Å². The summed E-state index contributed by atoms with van der Waals surface area (Å²) in [6.45, 7) is 0. The molecule has 1 aliphatic rings. The highest BCUT2D eigenvalue weighted by molar-refractivity contribution is 5.68. The molecule has 0 bridgehead atoms. The number of imidazole rings is 1. The van der Waals surface area contributed by atoms with Crippen LogP contribution in [0.3, 0.4) is 0 Å². The maximum absolute atomic E-state index is 12.2. The van der Waals surface area contributed by atoms with E-state index in [-0.39, 0.29) is 11.2 Å². The van der Waals surface area contributed by atoms with Crippen LogP contribution in [-0.2, 0) is 15.1 Å². The fourth-order valence-corrected chi connectivity index (χ4v) is 5.21. The molecular formula is C30H28N4O7. The summed E-state index contributed by atoms with van der Waals surface area (Å²) in [6.07, 6.45) is -2.73. The molecule has 0 saturated carbocycles. The first-order chi connectivity index (χ1) is 20.0. The van der Waals surface area contributed by atoms with Crippen LogP contribution in [0, 0.1) is 0 Å². The van der Waals surface area contributed by atoms with E-state index in [2.05, 4.69) is 15.0 Å². The van der Waals surface area contributed by atoms with Crippen molar-refractivity contribution in [2.45, 2.75) is 30.3 Å². The zero-order valence-corrected chi connectivity index (χ0v) is 22.2. The number of aliphatic hydroxyl groups is 2. The van der Waals surface area contributed by atoms with E-state index >= 15 is 0 Å². The van der Waals surface area contributed by atoms with E-state index in [1.807, 2.05) is 78.9 Å². The van der Waals surface area contributed by atoms with E-state index in [0.717, 1.165) is 16.7 Å². The van der Waals surface area contributed by atoms with Crippen molar-refractivity contribution in [3.05, 3.63) is 119 Å². The molecule has 0 radical (unpaired) electrons. The Morgan fingerprint density at radius 2 is 1.41 bits per heavy atom. The second-order valence-corrected chi connectivity index (χ2v) is 9.55. The van der Waals surface area contributed by atoms with Crippen molar-refractivity contribution in [3.8, 4) is 11.5 Å². The molecule has 1 saturated heterocycles. The quantitative estimate of drug-likeness (QED) is 0.246. The maximum atomic E-state index is 12.2. The van der Waals surface area contributed by atoms with Crippen molar-refractivity contribution in [1.29, 1.82) is 0 Å². The largest absolute Gasteiger partial charge is 0.497 e. The molecule has 2 aromatic heterocycles. The Labute approximate surface area is 234 Å². The van der Waals surface area contributed by atoms with Gasteiger partial charge in [0.05, 0.1) is 26.9 Å². The zero-order valence-electron chi connectivity index (χ0n) is 22.2. The molecule has 11 nitrogen and oxygen atoms in total. The predicted octanol–water partition coefficient (Wildman–Crippen LogP) is 2.72. The van der Waals surface area contributed by atoms with Crippen LogP contribution in [0.5, 0.6) is 11.5 Å². The van der Waals surface area contributed by atoms with E-state index in [1.54, 1.807) is 14.2 Å². The van der Waals surface area contributed by atoms with E-state index in [9.17, 15) is 15.0 Å². The summed E-state index contributed by atoms with van der Waals surface area (Å²) in [7, 11) is 3.18. The van der Waals surface area contributed by atoms with E-state index in [0.29, 0.717) is 11.5 Å². The first-order valence-corrected chi connectivity index (χ1v) is 12.9. The lowest BCUT2D eigenvalue weighted by Crippen LogP contribution is -2.42. The lowest BCUT2D eigenvalue weighted by molar-refractivity contribution is -0.216. The number of H-pyrrole nitrogens is 1. The van der Waals surface area contributed by atoms with Gasteiger partial charge >= 0.3 is 0 Å². The number of ether oxygens (including phenoxy) is 4. The number of rotatable bonds is 8. The van der Waals surface area contributed by atoms with Crippen molar-refractivity contribution in [3.63, 3.8) is 0 Å². The van der Waals surface area contributed by atoms with E-state index in [1.165, 1.54) is 17.2 Å². The second-order valence-electron chi connectivity index (χ2n) is 9.55. The lowest BCUT2D eigenvalue weighted by Gasteiger charge is -2.38. The van der Waals surface area contributed by atoms with E-state index in [4.69, 9.17) is 18.9 Å². The van der Waals surface area contributed by atoms with Gasteiger partial charge in [0, 0.05) is 0 Å². The van der Waals surface area contributed by atoms with E-state index < -0.39 is 35.9 Å². The van der Waals surface area contributed by atoms with Crippen LogP contribution in [0.15, 0.2) is 96.3 Å². The number of methoxy groups -OCH3 is 2. The number of fused-ring (bicyclic) bond motifs is 1. The molecule has 0 spiro atoms. The van der Waals surface area contributed by atoms with Crippen molar-refractivity contribution in [2.75, 3.05) is 14.2 Å². The van der Waals surface area contributed by atoms with Gasteiger partial charge in [-0.2, -0.15) is 0 Å². The number of aromatic nitrogens is 4. The summed E-state index contributed by atoms with van der Waals surface area (Å²) < 4.78 is 25.2. The third kappa shape index (κ3) is 4.54. The van der Waals surface area contributed by atoms with Crippen molar-refractivity contribution in [2.24, 2.45) is 0 Å². The van der Waals surface area contributed by atoms with Gasteiger partial charge in [-0.05, 0) is 41.0 Å². The lowest BCUT2D eigenvalue weighted by atomic mass is 9.80. The number of hydrogen-bond donors (Lipinski definition) is 3. The maximum Gasteiger partial charge on any atom is 0.278 e. The number of aromatic amines is 1. The van der Waals surface area contributed by atoms with Gasteiger partial charge in [0.25, 0.3) is 5.56 Å². The third-order valence-corrected chi connectivity index (χ3v) is 7.30. The molecule has 0 unspecified atom stereocenters. The van der Waals surface area contributed by atoms with Gasteiger partial charge in [-0.1, -0.05) is 54.6 Å². The molecule has 5 aromatic rings. The second kappa shape index (κ2) is 10.8. The molecule has 3 aromatic carbocycles. The zero-order chi connectivity index (χ0) is 28.6. The summed E-state index contributed by atoms with van der Waals surface area (Å²) in [5.74, 6) is 1.32. The molecule has 4 atom stereocenters. The number of benzene rings is 3. The summed E-state index contributed by atoms with van der Waals surface area (Å²) in [5.41, 5.74) is 0.755. The van der Waals surface area contributed by atoms with Gasteiger partial charge in [0.15, 0.2) is 23.7 Å². The Kier molecular flexibility index (Phi) is 7.01. The molecule has 0 amide bonds. The van der Waals surface area contributed by atoms with Crippen LogP contribution in [0.1, 0.15) is 22.9 Å². The van der Waals surface area contributed by atoms with Crippen LogP contribution < -0.4 is 15.0 Å². The standard InChI is InChI=1S/C30H28N4O7/c1-38-21-12-8-19(9-13-21)30(18-6-4-3-5-7-18,20-10-14-22(39-2)15-11-20)41-29-25(36)24(35)28(40-29)34-17-33-23-26(34)31-16-32-27(23)37/h3-17,24-25,28-29,35-36H,1-2H3,(H,31,32,37)/t24-,25+,28-,29-/m1/s1. The first kappa shape index (κ1) is 26.7. The molecule has 1 fully saturated rings. The minimum absolute atomic E-state index is 0.0808. The molecule has 3 heterocycles. The van der Waals surface area contributed by atoms with Gasteiger partial charge in [-0.3, -0.25) is 9.36 Å². The van der Waals surface area contributed by atoms with Gasteiger partial charge in [0.2, 0.25) is 0 Å². The summed E-state index contributed by atoms with van der Waals surface area (Å²) in [5, 5.41) is 22.4. The van der Waals surface area contributed by atoms with Gasteiger partial charge in [-0.25, -0.2) is 9.97 Å². The van der Waals surface area contributed by atoms with Crippen LogP contribution in [0.2, 0.25) is 0 Å². The van der Waals surface area contributed by atoms with Crippen LogP contribution in [-0.4, -0.2) is 62.4 Å². The van der Waals surface area contributed by atoms with Gasteiger partial charge in [0.1, 0.15) is 29.3 Å². The average molecular weight is 557 g/mol. The summed E-state index contributed by atoms with van der Waals surface area (Å²) in [6, 6.07) is 24.3. The Morgan fingerprint density at radius 1 is 0.829 bits per heavy atom. The minimum Gasteiger partial charge on any atom is -0.497 e. The normalized spacial score (nSPS) is 20.8. The highest BCUT2D eigenvalue weighted by Crippen LogP contribution is 2.45. The average Bonchev–Trinajstić information content (AvgIpc) is 3.57. The van der Waals surface area contributed by atoms with Crippen molar-refractivity contribution in [1.82, 2.24) is 19.5 Å². The Hall–Kier alpha value is -4.55. The van der Waals surface area contributed by atoms with Crippen molar-refractivity contribution < 1.29 is 29.2 Å². The topological polar surface area (TPSA) is 141 Å². The molecule has 41 heavy (non-hydrogen) atoms. The molecule has 11 heteroatoms. The predicted molar refractivity (Wildman–Crippen MR) is 147 cm³/mol. The molecule has 0 aliphatic carbocycles. The summed E-state index contributed by atoms with van der Waals surface area (Å²) >= 11 is 0. The first-order valence-electron chi connectivity index (χ1n) is 12.9. The molecule has 210 valence electrons. The van der Waals surface area contributed by atoms with Gasteiger partial charge < -0.3 is 34.1 Å². The highest BCUT2D eigenvalue weighted by Gasteiger charge is 2.50. The van der Waals surface area contributed by atoms with Crippen LogP contribution >= 0.6 is 0 Å². The number of nitrogens with one attached hydrogen (secondary N) is 1. The monoisotopic (exact) mass is 556 g/mol. The Morgan fingerprint density at radius 3 is 2.00 bits per heavy atom. The molecule has 3 N–H and O–H groups in total. The number of hydrogen-bond acceptors (Lipinski definition) is 9. The molecule has 6 rings (SSSR count). The smallest absolute Gasteiger partial charge is 0.278 e. The molecule has 1 aliphatic heterocycles. The Balaban J connectivity index is 1.48. The van der Waals surface area contributed by atoms with Crippen molar-refractivity contribution >= 4 is 11.2 Å². The SMILES string of the molecule is COc1ccc(C(O[C@H]2O[C@@H](n3cnc4c(=O)[nH]cnc43)[C@H](O)[C@@H]2O)(c2ccccc2)c2ccc(OC)cc2)cc1. The third-order valence-electron chi connectivity index (χ3n) is 7.30. The molecular weight excluding hydrogens is 528 g/mol. The number of aliphatic hydroxyl groups excluding tert-OH is 2. The summed E-state index contributed by atoms with van der Waals surface area (Å²) in [4.78, 5) is 23.0. The minimum atomic E-state index is -1.46. The van der Waals surface area contributed by atoms with Crippen LogP contribution in [0.4, 0.5) is 0 Å². The number of nitrogens with zero attached hydrogens (tertiary/aromatic N) is 3. The Bertz CT molecular complexity index is 1640.